The summed E-state index contributed by atoms with van der Waals surface area (Å²) in [5, 5.41) is 0. The van der Waals surface area contributed by atoms with Gasteiger partial charge < -0.3 is 9.30 Å². The highest BCUT2D eigenvalue weighted by atomic mass is 32.2. The van der Waals surface area contributed by atoms with E-state index < -0.39 is 10.0 Å². The number of imidazole rings is 1. The molecule has 10 nitrogen and oxygen atoms in total. The lowest BCUT2D eigenvalue weighted by Crippen LogP contribution is -2.32. The number of sulfonamides is 1. The fraction of sp³-hybridized carbons (Fsp3) is 0.500. The van der Waals surface area contributed by atoms with E-state index in [9.17, 15) is 8.42 Å². The Hall–Kier alpha value is -2.66. The normalized spacial score (nSPS) is 17.8. The summed E-state index contributed by atoms with van der Waals surface area (Å²) in [6.45, 7) is 6.90. The molecule has 154 valence electrons. The predicted octanol–water partition coefficient (Wildman–Crippen LogP) is 1.41. The molecule has 0 unspecified atom stereocenters. The van der Waals surface area contributed by atoms with Gasteiger partial charge in [0.05, 0.1) is 17.9 Å². The number of rotatable bonds is 6. The summed E-state index contributed by atoms with van der Waals surface area (Å²) < 4.78 is 33.7. The van der Waals surface area contributed by atoms with Gasteiger partial charge in [0, 0.05) is 25.5 Å². The molecular weight excluding hydrogens is 394 g/mol. The van der Waals surface area contributed by atoms with Gasteiger partial charge in [-0.1, -0.05) is 0 Å². The fourth-order valence-corrected chi connectivity index (χ4v) is 4.56. The summed E-state index contributed by atoms with van der Waals surface area (Å²) in [6, 6.07) is 0. The average Bonchev–Trinajstić information content (AvgIpc) is 3.34. The second-order valence-corrected chi connectivity index (χ2v) is 9.09. The zero-order valence-electron chi connectivity index (χ0n) is 16.6. The van der Waals surface area contributed by atoms with Crippen LogP contribution in [-0.2, 0) is 16.6 Å². The topological polar surface area (TPSA) is 116 Å². The van der Waals surface area contributed by atoms with Gasteiger partial charge in [0.25, 0.3) is 0 Å². The Balaban J connectivity index is 1.67. The summed E-state index contributed by atoms with van der Waals surface area (Å²) in [5.74, 6) is 1.82. The third-order valence-electron chi connectivity index (χ3n) is 5.00. The summed E-state index contributed by atoms with van der Waals surface area (Å²) in [5.41, 5.74) is 1.98. The van der Waals surface area contributed by atoms with Crippen molar-refractivity contribution in [2.75, 3.05) is 18.8 Å². The van der Waals surface area contributed by atoms with Crippen molar-refractivity contribution in [2.45, 2.75) is 39.8 Å². The van der Waals surface area contributed by atoms with Crippen LogP contribution in [-0.4, -0.2) is 67.2 Å². The molecule has 4 rings (SSSR count). The molecule has 29 heavy (non-hydrogen) atoms. The average molecular weight is 417 g/mol. The Morgan fingerprint density at radius 1 is 1.17 bits per heavy atom. The van der Waals surface area contributed by atoms with Gasteiger partial charge in [-0.05, 0) is 27.2 Å². The van der Waals surface area contributed by atoms with Crippen molar-refractivity contribution >= 4 is 21.2 Å². The Kier molecular flexibility index (Phi) is 5.17. The quantitative estimate of drug-likeness (QED) is 0.591. The summed E-state index contributed by atoms with van der Waals surface area (Å²) >= 11 is 0. The minimum atomic E-state index is -3.22. The monoisotopic (exact) mass is 417 g/mol. The molecule has 0 aromatic carbocycles. The first-order valence-corrected chi connectivity index (χ1v) is 11.2. The number of hydrogen-bond donors (Lipinski definition) is 0. The predicted molar refractivity (Wildman–Crippen MR) is 107 cm³/mol. The van der Waals surface area contributed by atoms with Crippen LogP contribution < -0.4 is 4.74 Å². The van der Waals surface area contributed by atoms with Crippen molar-refractivity contribution in [2.24, 2.45) is 0 Å². The minimum Gasteiger partial charge on any atom is -0.471 e. The Labute approximate surface area is 169 Å². The molecular formula is C18H23N7O3S. The first kappa shape index (κ1) is 19.6. The van der Waals surface area contributed by atoms with Crippen molar-refractivity contribution < 1.29 is 13.2 Å². The van der Waals surface area contributed by atoms with Crippen LogP contribution in [0.3, 0.4) is 0 Å². The molecule has 4 heterocycles. The van der Waals surface area contributed by atoms with Crippen LogP contribution >= 0.6 is 0 Å². The zero-order chi connectivity index (χ0) is 20.6. The highest BCUT2D eigenvalue weighted by Crippen LogP contribution is 2.29. The largest absolute Gasteiger partial charge is 0.471 e. The maximum atomic E-state index is 12.1. The maximum Gasteiger partial charge on any atom is 0.245 e. The molecule has 0 aliphatic carbocycles. The SMILES string of the molecule is CCn1c(-c2cnc(C)nc2)nc2c(O[C@H]3CCN(S(=O)(=O)CC)C3)ncnc21. The van der Waals surface area contributed by atoms with Crippen LogP contribution in [0.5, 0.6) is 5.88 Å². The highest BCUT2D eigenvalue weighted by Gasteiger charge is 2.32. The summed E-state index contributed by atoms with van der Waals surface area (Å²) in [6.07, 6.45) is 5.24. The van der Waals surface area contributed by atoms with E-state index >= 15 is 0 Å². The molecule has 1 aliphatic rings. The van der Waals surface area contributed by atoms with Crippen molar-refractivity contribution in [3.63, 3.8) is 0 Å². The molecule has 1 atom stereocenters. The second kappa shape index (κ2) is 7.64. The van der Waals surface area contributed by atoms with Gasteiger partial charge in [-0.3, -0.25) is 0 Å². The zero-order valence-corrected chi connectivity index (χ0v) is 17.4. The van der Waals surface area contributed by atoms with Crippen LogP contribution in [0.25, 0.3) is 22.6 Å². The Bertz CT molecular complexity index is 1130. The van der Waals surface area contributed by atoms with Crippen molar-refractivity contribution in [3.05, 3.63) is 24.5 Å². The molecule has 0 amide bonds. The number of aryl methyl sites for hydroxylation is 2. The third kappa shape index (κ3) is 3.67. The molecule has 1 saturated heterocycles. The highest BCUT2D eigenvalue weighted by molar-refractivity contribution is 7.89. The molecule has 11 heteroatoms. The van der Waals surface area contributed by atoms with Crippen molar-refractivity contribution in [1.29, 1.82) is 0 Å². The van der Waals surface area contributed by atoms with Crippen LogP contribution in [0.15, 0.2) is 18.7 Å². The van der Waals surface area contributed by atoms with E-state index in [1.54, 1.807) is 19.3 Å². The van der Waals surface area contributed by atoms with Crippen molar-refractivity contribution in [1.82, 2.24) is 33.8 Å². The first-order valence-electron chi connectivity index (χ1n) is 9.57. The molecule has 0 N–H and O–H groups in total. The molecule has 1 fully saturated rings. The van der Waals surface area contributed by atoms with E-state index in [1.165, 1.54) is 10.6 Å². The summed E-state index contributed by atoms with van der Waals surface area (Å²) in [4.78, 5) is 21.9. The molecule has 1 aliphatic heterocycles. The second-order valence-electron chi connectivity index (χ2n) is 6.84. The van der Waals surface area contributed by atoms with Gasteiger partial charge in [0.2, 0.25) is 15.9 Å². The number of nitrogens with zero attached hydrogens (tertiary/aromatic N) is 7. The first-order chi connectivity index (χ1) is 13.9. The third-order valence-corrected chi connectivity index (χ3v) is 6.85. The van der Waals surface area contributed by atoms with Gasteiger partial charge in [-0.2, -0.15) is 9.29 Å². The van der Waals surface area contributed by atoms with E-state index in [2.05, 4.69) is 19.9 Å². The number of hydrogen-bond acceptors (Lipinski definition) is 8. The van der Waals surface area contributed by atoms with Crippen LogP contribution in [0.1, 0.15) is 26.1 Å². The van der Waals surface area contributed by atoms with Crippen LogP contribution in [0.4, 0.5) is 0 Å². The fourth-order valence-electron chi connectivity index (χ4n) is 3.42. The van der Waals surface area contributed by atoms with Gasteiger partial charge in [-0.15, -0.1) is 0 Å². The van der Waals surface area contributed by atoms with Gasteiger partial charge in [0.15, 0.2) is 11.2 Å². The van der Waals surface area contributed by atoms with E-state index in [0.717, 1.165) is 5.56 Å². The molecule has 0 saturated carbocycles. The van der Waals surface area contributed by atoms with Crippen molar-refractivity contribution in [3.8, 4) is 17.3 Å². The molecule has 3 aromatic heterocycles. The minimum absolute atomic E-state index is 0.0837. The molecule has 0 bridgehead atoms. The Morgan fingerprint density at radius 3 is 2.62 bits per heavy atom. The van der Waals surface area contributed by atoms with Crippen LogP contribution in [0, 0.1) is 6.92 Å². The number of aromatic nitrogens is 6. The van der Waals surface area contributed by atoms with Gasteiger partial charge in [-0.25, -0.2) is 28.4 Å². The summed E-state index contributed by atoms with van der Waals surface area (Å²) in [7, 11) is -3.22. The number of ether oxygens (including phenoxy) is 1. The van der Waals surface area contributed by atoms with Crippen LogP contribution in [0.2, 0.25) is 0 Å². The van der Waals surface area contributed by atoms with E-state index in [4.69, 9.17) is 9.72 Å². The maximum absolute atomic E-state index is 12.1. The lowest BCUT2D eigenvalue weighted by molar-refractivity contribution is 0.209. The Morgan fingerprint density at radius 2 is 1.93 bits per heavy atom. The van der Waals surface area contributed by atoms with Gasteiger partial charge in [0.1, 0.15) is 24.1 Å². The lowest BCUT2D eigenvalue weighted by Gasteiger charge is -2.15. The lowest BCUT2D eigenvalue weighted by atomic mass is 10.3. The van der Waals surface area contributed by atoms with E-state index in [0.29, 0.717) is 54.7 Å². The van der Waals surface area contributed by atoms with E-state index in [1.807, 2.05) is 18.4 Å². The van der Waals surface area contributed by atoms with Gasteiger partial charge >= 0.3 is 0 Å². The number of fused-ring (bicyclic) bond motifs is 1. The molecule has 3 aromatic rings. The molecule has 0 spiro atoms. The smallest absolute Gasteiger partial charge is 0.245 e. The standard InChI is InChI=1S/C18H23N7O3S/c1-4-25-16(13-8-19-12(3)20-9-13)23-15-17(25)21-11-22-18(15)28-14-6-7-24(10-14)29(26,27)5-2/h8-9,11,14H,4-7,10H2,1-3H3/t14-/m0/s1. The molecule has 0 radical (unpaired) electrons. The van der Waals surface area contributed by atoms with E-state index in [-0.39, 0.29) is 11.9 Å².